The van der Waals surface area contributed by atoms with Crippen molar-refractivity contribution in [2.45, 2.75) is 44.2 Å². The number of hydrogen-bond donors (Lipinski definition) is 2. The zero-order valence-corrected chi connectivity index (χ0v) is 13.3. The fourth-order valence-corrected chi connectivity index (χ4v) is 2.91. The largest absolute Gasteiger partial charge is 0.573 e. The molecule has 130 valence electrons. The van der Waals surface area contributed by atoms with Gasteiger partial charge >= 0.3 is 6.36 Å². The standard InChI is InChI=1S/C15H18F3NO3.ClH/c1-2-19-14(9-3-4-12(20)13(14)21)10-5-7-11(8-6-10)22-15(16,17)18;/h5-8,12,19-20H,2-4,9H2,1H3;1H. The van der Waals surface area contributed by atoms with Crippen LogP contribution >= 0.6 is 12.4 Å². The lowest BCUT2D eigenvalue weighted by Gasteiger charge is -2.39. The molecule has 0 aliphatic heterocycles. The Labute approximate surface area is 138 Å². The van der Waals surface area contributed by atoms with Crippen molar-refractivity contribution in [3.8, 4) is 5.75 Å². The van der Waals surface area contributed by atoms with Gasteiger partial charge < -0.3 is 15.2 Å². The van der Waals surface area contributed by atoms with Gasteiger partial charge in [0.15, 0.2) is 5.78 Å². The van der Waals surface area contributed by atoms with E-state index in [2.05, 4.69) is 10.1 Å². The molecule has 1 fully saturated rings. The van der Waals surface area contributed by atoms with E-state index in [0.717, 1.165) is 0 Å². The van der Waals surface area contributed by atoms with Crippen molar-refractivity contribution in [3.63, 3.8) is 0 Å². The highest BCUT2D eigenvalue weighted by Gasteiger charge is 2.45. The van der Waals surface area contributed by atoms with Crippen LogP contribution in [0.25, 0.3) is 0 Å². The van der Waals surface area contributed by atoms with Gasteiger partial charge in [0.05, 0.1) is 0 Å². The van der Waals surface area contributed by atoms with E-state index in [1.807, 2.05) is 6.92 Å². The van der Waals surface area contributed by atoms with Crippen molar-refractivity contribution >= 4 is 18.2 Å². The van der Waals surface area contributed by atoms with E-state index in [0.29, 0.717) is 31.4 Å². The molecule has 1 aliphatic rings. The van der Waals surface area contributed by atoms with Crippen molar-refractivity contribution in [2.75, 3.05) is 6.54 Å². The Bertz CT molecular complexity index is 532. The first-order valence-electron chi connectivity index (χ1n) is 7.12. The lowest BCUT2D eigenvalue weighted by molar-refractivity contribution is -0.274. The molecule has 8 heteroatoms. The van der Waals surface area contributed by atoms with Gasteiger partial charge in [-0.2, -0.15) is 0 Å². The van der Waals surface area contributed by atoms with Crippen LogP contribution in [0, 0.1) is 0 Å². The number of nitrogens with one attached hydrogen (secondary N) is 1. The first kappa shape index (κ1) is 19.7. The molecule has 2 N–H and O–H groups in total. The Morgan fingerprint density at radius 2 is 1.96 bits per heavy atom. The predicted octanol–water partition coefficient (Wildman–Crippen LogP) is 2.93. The Hall–Kier alpha value is -1.31. The van der Waals surface area contributed by atoms with Gasteiger partial charge in [-0.25, -0.2) is 0 Å². The highest BCUT2D eigenvalue weighted by atomic mass is 35.5. The Balaban J connectivity index is 0.00000264. The molecule has 0 amide bonds. The number of alkyl halides is 3. The summed E-state index contributed by atoms with van der Waals surface area (Å²) in [5.41, 5.74) is -0.518. The van der Waals surface area contributed by atoms with Crippen molar-refractivity contribution in [3.05, 3.63) is 29.8 Å². The molecule has 0 heterocycles. The normalized spacial score (nSPS) is 24.9. The number of rotatable bonds is 4. The molecule has 0 bridgehead atoms. The maximum absolute atomic E-state index is 12.4. The minimum Gasteiger partial charge on any atom is -0.406 e. The number of Topliss-reactive ketones (excluding diaryl/α,β-unsaturated/α-hetero) is 1. The van der Waals surface area contributed by atoms with E-state index in [-0.39, 0.29) is 23.9 Å². The number of likely N-dealkylation sites (N-methyl/N-ethyl adjacent to an activating group) is 1. The van der Waals surface area contributed by atoms with Gasteiger partial charge in [-0.1, -0.05) is 19.1 Å². The fraction of sp³-hybridized carbons (Fsp3) is 0.533. The second-order valence-corrected chi connectivity index (χ2v) is 5.28. The van der Waals surface area contributed by atoms with Crippen LogP contribution in [0.2, 0.25) is 0 Å². The summed E-state index contributed by atoms with van der Waals surface area (Å²) in [6.07, 6.45) is -4.26. The van der Waals surface area contributed by atoms with Crippen LogP contribution in [0.15, 0.2) is 24.3 Å². The SMILES string of the molecule is CCNC1(c2ccc(OC(F)(F)F)cc2)CCCC(O)C1=O.Cl. The van der Waals surface area contributed by atoms with E-state index in [4.69, 9.17) is 0 Å². The molecule has 1 saturated carbocycles. The van der Waals surface area contributed by atoms with Gasteiger partial charge in [0.1, 0.15) is 17.4 Å². The number of ketones is 1. The van der Waals surface area contributed by atoms with Crippen LogP contribution in [0.1, 0.15) is 31.7 Å². The predicted molar refractivity (Wildman–Crippen MR) is 80.6 cm³/mol. The molecule has 2 unspecified atom stereocenters. The smallest absolute Gasteiger partial charge is 0.406 e. The Morgan fingerprint density at radius 3 is 2.48 bits per heavy atom. The quantitative estimate of drug-likeness (QED) is 0.874. The molecule has 0 saturated heterocycles. The van der Waals surface area contributed by atoms with E-state index >= 15 is 0 Å². The number of benzene rings is 1. The third-order valence-corrected chi connectivity index (χ3v) is 3.81. The first-order chi connectivity index (χ1) is 10.3. The average molecular weight is 354 g/mol. The number of hydrogen-bond acceptors (Lipinski definition) is 4. The van der Waals surface area contributed by atoms with Crippen molar-refractivity contribution in [1.29, 1.82) is 0 Å². The summed E-state index contributed by atoms with van der Waals surface area (Å²) in [7, 11) is 0. The molecule has 1 aromatic rings. The summed E-state index contributed by atoms with van der Waals surface area (Å²) >= 11 is 0. The summed E-state index contributed by atoms with van der Waals surface area (Å²) in [5, 5.41) is 12.9. The topological polar surface area (TPSA) is 58.6 Å². The second kappa shape index (κ2) is 7.51. The maximum atomic E-state index is 12.4. The molecule has 23 heavy (non-hydrogen) atoms. The summed E-state index contributed by atoms with van der Waals surface area (Å²) in [5.74, 6) is -0.684. The van der Waals surface area contributed by atoms with Crippen molar-refractivity contribution in [1.82, 2.24) is 5.32 Å². The van der Waals surface area contributed by atoms with E-state index in [9.17, 15) is 23.1 Å². The van der Waals surface area contributed by atoms with E-state index in [1.54, 1.807) is 0 Å². The van der Waals surface area contributed by atoms with E-state index < -0.39 is 18.0 Å². The summed E-state index contributed by atoms with van der Waals surface area (Å²) in [6, 6.07) is 5.21. The Morgan fingerprint density at radius 1 is 1.35 bits per heavy atom. The zero-order valence-electron chi connectivity index (χ0n) is 12.5. The first-order valence-corrected chi connectivity index (χ1v) is 7.12. The average Bonchev–Trinajstić information content (AvgIpc) is 2.43. The van der Waals surface area contributed by atoms with Crippen LogP contribution in [-0.4, -0.2) is 29.9 Å². The third kappa shape index (κ3) is 4.37. The molecule has 0 spiro atoms. The molecular weight excluding hydrogens is 335 g/mol. The summed E-state index contributed by atoms with van der Waals surface area (Å²) in [6.45, 7) is 2.33. The van der Waals surface area contributed by atoms with Crippen LogP contribution in [0.4, 0.5) is 13.2 Å². The number of carbonyl (C=O) groups is 1. The van der Waals surface area contributed by atoms with E-state index in [1.165, 1.54) is 24.3 Å². The highest BCUT2D eigenvalue weighted by Crippen LogP contribution is 2.36. The lowest BCUT2D eigenvalue weighted by Crippen LogP contribution is -2.55. The molecular formula is C15H19ClF3NO3. The van der Waals surface area contributed by atoms with Crippen molar-refractivity contribution < 1.29 is 27.8 Å². The fourth-order valence-electron chi connectivity index (χ4n) is 2.91. The molecule has 2 rings (SSSR count). The van der Waals surface area contributed by atoms with Gasteiger partial charge in [0, 0.05) is 0 Å². The Kier molecular flexibility index (Phi) is 6.44. The summed E-state index contributed by atoms with van der Waals surface area (Å²) in [4.78, 5) is 12.4. The minimum atomic E-state index is -4.75. The van der Waals surface area contributed by atoms with Crippen LogP contribution in [0.3, 0.4) is 0 Å². The van der Waals surface area contributed by atoms with Gasteiger partial charge in [-0.3, -0.25) is 4.79 Å². The summed E-state index contributed by atoms with van der Waals surface area (Å²) < 4.78 is 40.4. The lowest BCUT2D eigenvalue weighted by atomic mass is 9.74. The number of aliphatic hydroxyl groups excluding tert-OH is 1. The monoisotopic (exact) mass is 353 g/mol. The molecule has 0 aromatic heterocycles. The number of aliphatic hydroxyl groups is 1. The minimum absolute atomic E-state index is 0. The maximum Gasteiger partial charge on any atom is 0.573 e. The van der Waals surface area contributed by atoms with Gasteiger partial charge in [-0.05, 0) is 43.5 Å². The third-order valence-electron chi connectivity index (χ3n) is 3.81. The van der Waals surface area contributed by atoms with Gasteiger partial charge in [0.2, 0.25) is 0 Å². The highest BCUT2D eigenvalue weighted by molar-refractivity contribution is 5.93. The van der Waals surface area contributed by atoms with Gasteiger partial charge in [0.25, 0.3) is 0 Å². The number of carbonyl (C=O) groups excluding carboxylic acids is 1. The molecule has 2 atom stereocenters. The van der Waals surface area contributed by atoms with Crippen molar-refractivity contribution in [2.24, 2.45) is 0 Å². The molecule has 1 aliphatic carbocycles. The second-order valence-electron chi connectivity index (χ2n) is 5.28. The number of halogens is 4. The molecule has 0 radical (unpaired) electrons. The molecule has 1 aromatic carbocycles. The van der Waals surface area contributed by atoms with Crippen LogP contribution in [0.5, 0.6) is 5.75 Å². The van der Waals surface area contributed by atoms with Crippen LogP contribution in [-0.2, 0) is 10.3 Å². The van der Waals surface area contributed by atoms with Crippen LogP contribution < -0.4 is 10.1 Å². The number of ether oxygens (including phenoxy) is 1. The van der Waals surface area contributed by atoms with Gasteiger partial charge in [-0.15, -0.1) is 25.6 Å². The zero-order chi connectivity index (χ0) is 16.4. The molecule has 4 nitrogen and oxygen atoms in total.